The van der Waals surface area contributed by atoms with Crippen LogP contribution in [0, 0.1) is 0 Å². The number of nitrogens with one attached hydrogen (secondary N) is 1. The van der Waals surface area contributed by atoms with Crippen molar-refractivity contribution in [2.75, 3.05) is 0 Å². The van der Waals surface area contributed by atoms with Crippen LogP contribution < -0.4 is 5.48 Å². The first-order valence-electron chi connectivity index (χ1n) is 5.04. The smallest absolute Gasteiger partial charge is 0.200 e. The van der Waals surface area contributed by atoms with Gasteiger partial charge in [-0.15, -0.1) is 0 Å². The van der Waals surface area contributed by atoms with Crippen LogP contribution in [0.25, 0.3) is 5.70 Å². The summed E-state index contributed by atoms with van der Waals surface area (Å²) in [6.45, 7) is 0. The van der Waals surface area contributed by atoms with Gasteiger partial charge in [-0.2, -0.15) is 0 Å². The molecule has 0 unspecified atom stereocenters. The van der Waals surface area contributed by atoms with E-state index in [9.17, 15) is 8.42 Å². The lowest BCUT2D eigenvalue weighted by Gasteiger charge is -2.09. The highest BCUT2D eigenvalue weighted by molar-refractivity contribution is 7.98. The van der Waals surface area contributed by atoms with E-state index in [2.05, 4.69) is 5.48 Å². The van der Waals surface area contributed by atoms with Gasteiger partial charge < -0.3 is 0 Å². The van der Waals surface area contributed by atoms with E-state index in [4.69, 9.17) is 28.0 Å². The number of hydrogen-bond donors (Lipinski definition) is 1. The highest BCUT2D eigenvalue weighted by Crippen LogP contribution is 2.40. The van der Waals surface area contributed by atoms with Crippen LogP contribution >= 0.6 is 23.2 Å². The Bertz CT molecular complexity index is 674. The molecule has 0 radical (unpaired) electrons. The summed E-state index contributed by atoms with van der Waals surface area (Å²) in [4.78, 5) is 5.33. The van der Waals surface area contributed by atoms with Crippen LogP contribution in [-0.2, 0) is 14.7 Å². The predicted octanol–water partition coefficient (Wildman–Crippen LogP) is 2.51. The molecule has 0 spiro atoms. The fraction of sp³-hybridized carbons (Fsp3) is 0.0909. The number of benzene rings is 1. The predicted molar refractivity (Wildman–Crippen MR) is 69.5 cm³/mol. The minimum atomic E-state index is -3.46. The Balaban J connectivity index is 2.28. The van der Waals surface area contributed by atoms with Gasteiger partial charge in [0.2, 0.25) is 9.84 Å². The molecule has 1 aromatic rings. The Morgan fingerprint density at radius 1 is 1.22 bits per heavy atom. The van der Waals surface area contributed by atoms with Gasteiger partial charge in [-0.25, -0.2) is 8.42 Å². The second-order valence-electron chi connectivity index (χ2n) is 3.85. The van der Waals surface area contributed by atoms with E-state index in [1.54, 1.807) is 18.2 Å². The van der Waals surface area contributed by atoms with Gasteiger partial charge in [0.05, 0.1) is 15.7 Å². The Morgan fingerprint density at radius 2 is 1.89 bits per heavy atom. The van der Waals surface area contributed by atoms with Crippen molar-refractivity contribution >= 4 is 38.7 Å². The van der Waals surface area contributed by atoms with Gasteiger partial charge in [-0.3, -0.25) is 10.3 Å². The largest absolute Gasteiger partial charge is 0.264 e. The van der Waals surface area contributed by atoms with Gasteiger partial charge >= 0.3 is 0 Å². The lowest BCUT2D eigenvalue weighted by molar-refractivity contribution is 0.0777. The van der Waals surface area contributed by atoms with Gasteiger partial charge in [-0.05, 0) is 18.2 Å². The van der Waals surface area contributed by atoms with Crippen molar-refractivity contribution in [3.05, 3.63) is 50.2 Å². The molecule has 0 aliphatic carbocycles. The minimum absolute atomic E-state index is 0.150. The van der Waals surface area contributed by atoms with E-state index in [1.165, 1.54) is 6.08 Å². The molecule has 2 heterocycles. The monoisotopic (exact) mass is 303 g/mol. The molecule has 2 aliphatic heterocycles. The summed E-state index contributed by atoms with van der Waals surface area (Å²) in [6.07, 6.45) is 0.854. The number of sulfone groups is 1. The molecule has 0 saturated carbocycles. The molecule has 1 N–H and O–H groups in total. The minimum Gasteiger partial charge on any atom is -0.264 e. The summed E-state index contributed by atoms with van der Waals surface area (Å²) in [5.74, 6) is 0. The third-order valence-corrected chi connectivity index (χ3v) is 4.94. The van der Waals surface area contributed by atoms with Crippen molar-refractivity contribution in [3.8, 4) is 0 Å². The Hall–Kier alpha value is -1.01. The Kier molecular flexibility index (Phi) is 2.67. The first-order valence-corrected chi connectivity index (χ1v) is 7.34. The summed E-state index contributed by atoms with van der Waals surface area (Å²) < 4.78 is 23.8. The molecule has 1 atom stereocenters. The summed E-state index contributed by atoms with van der Waals surface area (Å²) >= 11 is 12.1. The van der Waals surface area contributed by atoms with E-state index in [-0.39, 0.29) is 4.91 Å². The number of fused-ring (bicyclic) bond motifs is 1. The molecule has 94 valence electrons. The molecule has 0 amide bonds. The number of hydroxylamine groups is 1. The maximum Gasteiger partial charge on any atom is 0.200 e. The summed E-state index contributed by atoms with van der Waals surface area (Å²) in [7, 11) is -3.46. The van der Waals surface area contributed by atoms with Gasteiger partial charge in [0.15, 0.2) is 0 Å². The molecule has 7 heteroatoms. The van der Waals surface area contributed by atoms with Crippen molar-refractivity contribution in [1.82, 2.24) is 5.48 Å². The maximum absolute atomic E-state index is 11.9. The second kappa shape index (κ2) is 3.99. The number of hydrogen-bond acceptors (Lipinski definition) is 4. The normalized spacial score (nSPS) is 24.2. The Labute approximate surface area is 114 Å². The zero-order valence-corrected chi connectivity index (χ0v) is 11.2. The average molecular weight is 304 g/mol. The second-order valence-corrected chi connectivity index (χ2v) is 6.47. The van der Waals surface area contributed by atoms with E-state index >= 15 is 0 Å². The third-order valence-electron chi connectivity index (χ3n) is 2.74. The van der Waals surface area contributed by atoms with Crippen LogP contribution in [0.2, 0.25) is 10.0 Å². The molecule has 0 fully saturated rings. The standard InChI is InChI=1S/C11H7Cl2NO3S/c12-6-2-1-3-7(13)9(6)10-11-8(17-14-10)4-5-18(11,15)16/h1-5,8,14H/t8-/m1/s1. The number of halogens is 2. The SMILES string of the molecule is O=S1(=O)C=C[C@H]2ONC(c3c(Cl)cccc3Cl)=C21. The lowest BCUT2D eigenvalue weighted by Crippen LogP contribution is -2.10. The van der Waals surface area contributed by atoms with Crippen LogP contribution in [0.1, 0.15) is 5.56 Å². The van der Waals surface area contributed by atoms with Gasteiger partial charge in [0, 0.05) is 11.0 Å². The van der Waals surface area contributed by atoms with Crippen LogP contribution in [0.15, 0.2) is 34.6 Å². The van der Waals surface area contributed by atoms with Crippen molar-refractivity contribution in [3.63, 3.8) is 0 Å². The zero-order valence-electron chi connectivity index (χ0n) is 8.85. The third kappa shape index (κ3) is 1.66. The summed E-state index contributed by atoms with van der Waals surface area (Å²) in [5.41, 5.74) is 3.33. The lowest BCUT2D eigenvalue weighted by atomic mass is 10.1. The fourth-order valence-electron chi connectivity index (χ4n) is 1.96. The summed E-state index contributed by atoms with van der Waals surface area (Å²) in [5, 5.41) is 1.85. The molecule has 0 saturated heterocycles. The van der Waals surface area contributed by atoms with Crippen LogP contribution in [-0.4, -0.2) is 14.5 Å². The highest BCUT2D eigenvalue weighted by Gasteiger charge is 2.39. The first kappa shape index (κ1) is 12.0. The number of rotatable bonds is 1. The quantitative estimate of drug-likeness (QED) is 0.866. The van der Waals surface area contributed by atoms with Crippen molar-refractivity contribution in [2.24, 2.45) is 0 Å². The molecular formula is C11H7Cl2NO3S. The van der Waals surface area contributed by atoms with Crippen LogP contribution in [0.4, 0.5) is 0 Å². The van der Waals surface area contributed by atoms with Gasteiger partial charge in [-0.1, -0.05) is 29.3 Å². The molecule has 1 aromatic carbocycles. The van der Waals surface area contributed by atoms with E-state index in [1.807, 2.05) is 0 Å². The van der Waals surface area contributed by atoms with E-state index in [0.29, 0.717) is 21.3 Å². The average Bonchev–Trinajstić information content (AvgIpc) is 2.82. The van der Waals surface area contributed by atoms with Crippen molar-refractivity contribution in [2.45, 2.75) is 6.10 Å². The molecule has 0 bridgehead atoms. The fourth-order valence-corrected chi connectivity index (χ4v) is 3.92. The topological polar surface area (TPSA) is 55.4 Å². The molecule has 3 rings (SSSR count). The molecule has 18 heavy (non-hydrogen) atoms. The van der Waals surface area contributed by atoms with Crippen LogP contribution in [0.5, 0.6) is 0 Å². The zero-order chi connectivity index (χ0) is 12.9. The summed E-state index contributed by atoms with van der Waals surface area (Å²) in [6, 6.07) is 4.97. The van der Waals surface area contributed by atoms with Crippen LogP contribution in [0.3, 0.4) is 0 Å². The van der Waals surface area contributed by atoms with Gasteiger partial charge in [0.25, 0.3) is 0 Å². The first-order chi connectivity index (χ1) is 8.50. The molecule has 0 aromatic heterocycles. The molecule has 4 nitrogen and oxygen atoms in total. The van der Waals surface area contributed by atoms with Gasteiger partial charge in [0.1, 0.15) is 11.0 Å². The van der Waals surface area contributed by atoms with Crippen molar-refractivity contribution < 1.29 is 13.3 Å². The van der Waals surface area contributed by atoms with E-state index in [0.717, 1.165) is 5.41 Å². The van der Waals surface area contributed by atoms with Crippen molar-refractivity contribution in [1.29, 1.82) is 0 Å². The molecular weight excluding hydrogens is 297 g/mol. The Morgan fingerprint density at radius 3 is 2.56 bits per heavy atom. The highest BCUT2D eigenvalue weighted by atomic mass is 35.5. The van der Waals surface area contributed by atoms with E-state index < -0.39 is 15.9 Å². The maximum atomic E-state index is 11.9. The molecule has 2 aliphatic rings.